The summed E-state index contributed by atoms with van der Waals surface area (Å²) in [5.41, 5.74) is -0.745. The Hall–Kier alpha value is -2.58. The Labute approximate surface area is 136 Å². The summed E-state index contributed by atoms with van der Waals surface area (Å²) < 4.78 is 42.3. The summed E-state index contributed by atoms with van der Waals surface area (Å²) in [5, 5.41) is 4.70. The Morgan fingerprint density at radius 3 is 2.46 bits per heavy atom. The summed E-state index contributed by atoms with van der Waals surface area (Å²) >= 11 is 0. The van der Waals surface area contributed by atoms with Gasteiger partial charge in [0, 0.05) is 6.54 Å². The van der Waals surface area contributed by atoms with Crippen LogP contribution < -0.4 is 10.6 Å². The standard InChI is InChI=1S/C15H17F3N2O4/c1-2-19-12(21)8-20-13(22)9-24-14(23)7-10-4-3-5-11(6-10)15(16,17)18/h3-6H,2,7-9H2,1H3,(H,19,21)(H,20,22). The first-order chi connectivity index (χ1) is 11.2. The van der Waals surface area contributed by atoms with Crippen LogP contribution in [0.25, 0.3) is 0 Å². The van der Waals surface area contributed by atoms with Crippen LogP contribution in [0.1, 0.15) is 18.1 Å². The van der Waals surface area contributed by atoms with Crippen molar-refractivity contribution in [3.8, 4) is 0 Å². The highest BCUT2D eigenvalue weighted by molar-refractivity contribution is 5.86. The molecule has 0 aliphatic carbocycles. The Morgan fingerprint density at radius 1 is 1.12 bits per heavy atom. The number of rotatable bonds is 7. The van der Waals surface area contributed by atoms with E-state index in [1.807, 2.05) is 0 Å². The molecule has 2 amide bonds. The minimum Gasteiger partial charge on any atom is -0.455 e. The lowest BCUT2D eigenvalue weighted by molar-refractivity contribution is -0.148. The van der Waals surface area contributed by atoms with E-state index in [-0.39, 0.29) is 18.0 Å². The first kappa shape index (κ1) is 19.5. The fourth-order valence-corrected chi connectivity index (χ4v) is 1.71. The van der Waals surface area contributed by atoms with E-state index in [9.17, 15) is 27.6 Å². The van der Waals surface area contributed by atoms with Gasteiger partial charge in [0.05, 0.1) is 18.5 Å². The van der Waals surface area contributed by atoms with Crippen molar-refractivity contribution in [2.75, 3.05) is 19.7 Å². The quantitative estimate of drug-likeness (QED) is 0.723. The number of amides is 2. The predicted molar refractivity (Wildman–Crippen MR) is 77.8 cm³/mol. The van der Waals surface area contributed by atoms with Crippen molar-refractivity contribution >= 4 is 17.8 Å². The third-order valence-corrected chi connectivity index (χ3v) is 2.79. The van der Waals surface area contributed by atoms with Gasteiger partial charge in [-0.25, -0.2) is 0 Å². The second-order valence-corrected chi connectivity index (χ2v) is 4.77. The molecule has 0 aliphatic rings. The number of alkyl halides is 3. The average molecular weight is 346 g/mol. The van der Waals surface area contributed by atoms with Crippen molar-refractivity contribution in [3.05, 3.63) is 35.4 Å². The summed E-state index contributed by atoms with van der Waals surface area (Å²) in [6.45, 7) is 1.27. The third kappa shape index (κ3) is 7.12. The van der Waals surface area contributed by atoms with Gasteiger partial charge in [-0.2, -0.15) is 13.2 Å². The molecule has 0 fully saturated rings. The van der Waals surface area contributed by atoms with E-state index in [1.165, 1.54) is 12.1 Å². The number of esters is 1. The molecule has 1 aromatic carbocycles. The van der Waals surface area contributed by atoms with Gasteiger partial charge < -0.3 is 15.4 Å². The van der Waals surface area contributed by atoms with Gasteiger partial charge in [0.25, 0.3) is 5.91 Å². The fraction of sp³-hybridized carbons (Fsp3) is 0.400. The van der Waals surface area contributed by atoms with Gasteiger partial charge in [0.1, 0.15) is 0 Å². The van der Waals surface area contributed by atoms with E-state index in [0.717, 1.165) is 12.1 Å². The molecule has 0 aliphatic heterocycles. The number of carbonyl (C=O) groups excluding carboxylic acids is 3. The van der Waals surface area contributed by atoms with Crippen molar-refractivity contribution in [2.24, 2.45) is 0 Å². The number of likely N-dealkylation sites (N-methyl/N-ethyl adjacent to an activating group) is 1. The van der Waals surface area contributed by atoms with Crippen molar-refractivity contribution < 1.29 is 32.3 Å². The Morgan fingerprint density at radius 2 is 1.83 bits per heavy atom. The zero-order valence-corrected chi connectivity index (χ0v) is 12.9. The van der Waals surface area contributed by atoms with Crippen LogP contribution in [0.3, 0.4) is 0 Å². The van der Waals surface area contributed by atoms with Crippen LogP contribution in [-0.2, 0) is 31.7 Å². The molecule has 0 saturated heterocycles. The highest BCUT2D eigenvalue weighted by Crippen LogP contribution is 2.29. The summed E-state index contributed by atoms with van der Waals surface area (Å²) in [6.07, 6.45) is -4.90. The number of benzene rings is 1. The van der Waals surface area contributed by atoms with Crippen LogP contribution in [0, 0.1) is 0 Å². The lowest BCUT2D eigenvalue weighted by atomic mass is 10.1. The van der Waals surface area contributed by atoms with Gasteiger partial charge in [0.2, 0.25) is 5.91 Å². The molecule has 1 aromatic rings. The van der Waals surface area contributed by atoms with Crippen molar-refractivity contribution in [1.82, 2.24) is 10.6 Å². The molecule has 132 valence electrons. The number of halogens is 3. The van der Waals surface area contributed by atoms with Crippen LogP contribution in [0.2, 0.25) is 0 Å². The molecule has 0 atom stereocenters. The minimum absolute atomic E-state index is 0.123. The normalized spacial score (nSPS) is 10.8. The first-order valence-electron chi connectivity index (χ1n) is 7.07. The molecule has 1 rings (SSSR count). The molecule has 0 spiro atoms. The minimum atomic E-state index is -4.50. The van der Waals surface area contributed by atoms with Crippen LogP contribution >= 0.6 is 0 Å². The van der Waals surface area contributed by atoms with Gasteiger partial charge in [-0.15, -0.1) is 0 Å². The highest BCUT2D eigenvalue weighted by Gasteiger charge is 2.30. The smallest absolute Gasteiger partial charge is 0.416 e. The summed E-state index contributed by atoms with van der Waals surface area (Å²) in [7, 11) is 0. The van der Waals surface area contributed by atoms with Crippen LogP contribution in [0.15, 0.2) is 24.3 Å². The topological polar surface area (TPSA) is 84.5 Å². The van der Waals surface area contributed by atoms with Gasteiger partial charge in [0.15, 0.2) is 6.61 Å². The molecular formula is C15H17F3N2O4. The zero-order valence-electron chi connectivity index (χ0n) is 12.9. The van der Waals surface area contributed by atoms with E-state index in [1.54, 1.807) is 6.92 Å². The van der Waals surface area contributed by atoms with E-state index in [4.69, 9.17) is 0 Å². The molecule has 0 unspecified atom stereocenters. The van der Waals surface area contributed by atoms with Crippen molar-refractivity contribution in [2.45, 2.75) is 19.5 Å². The molecule has 0 heterocycles. The lowest BCUT2D eigenvalue weighted by Crippen LogP contribution is -2.38. The molecule has 24 heavy (non-hydrogen) atoms. The number of hydrogen-bond acceptors (Lipinski definition) is 4. The van der Waals surface area contributed by atoms with Gasteiger partial charge >= 0.3 is 12.1 Å². The fourth-order valence-electron chi connectivity index (χ4n) is 1.71. The summed E-state index contributed by atoms with van der Waals surface area (Å²) in [5.74, 6) is -1.91. The molecule has 0 aromatic heterocycles. The number of carbonyl (C=O) groups is 3. The van der Waals surface area contributed by atoms with E-state index >= 15 is 0 Å². The van der Waals surface area contributed by atoms with Gasteiger partial charge in [-0.1, -0.05) is 18.2 Å². The van der Waals surface area contributed by atoms with Gasteiger partial charge in [-0.3, -0.25) is 14.4 Å². The molecule has 9 heteroatoms. The zero-order chi connectivity index (χ0) is 18.2. The van der Waals surface area contributed by atoms with E-state index in [2.05, 4.69) is 15.4 Å². The second-order valence-electron chi connectivity index (χ2n) is 4.77. The average Bonchev–Trinajstić information content (AvgIpc) is 2.50. The van der Waals surface area contributed by atoms with Crippen molar-refractivity contribution in [3.63, 3.8) is 0 Å². The highest BCUT2D eigenvalue weighted by atomic mass is 19.4. The predicted octanol–water partition coefficient (Wildman–Crippen LogP) is 1.04. The lowest BCUT2D eigenvalue weighted by Gasteiger charge is -2.09. The van der Waals surface area contributed by atoms with Crippen LogP contribution in [-0.4, -0.2) is 37.5 Å². The maximum Gasteiger partial charge on any atom is 0.416 e. The summed E-state index contributed by atoms with van der Waals surface area (Å²) in [4.78, 5) is 34.0. The van der Waals surface area contributed by atoms with E-state index < -0.39 is 36.6 Å². The molecule has 0 radical (unpaired) electrons. The van der Waals surface area contributed by atoms with E-state index in [0.29, 0.717) is 6.54 Å². The number of nitrogens with one attached hydrogen (secondary N) is 2. The SMILES string of the molecule is CCNC(=O)CNC(=O)COC(=O)Cc1cccc(C(F)(F)F)c1. The van der Waals surface area contributed by atoms with Crippen molar-refractivity contribution in [1.29, 1.82) is 0 Å². The first-order valence-corrected chi connectivity index (χ1v) is 7.07. The summed E-state index contributed by atoms with van der Waals surface area (Å²) in [6, 6.07) is 4.27. The van der Waals surface area contributed by atoms with Gasteiger partial charge in [-0.05, 0) is 18.6 Å². The number of hydrogen-bond donors (Lipinski definition) is 2. The maximum absolute atomic E-state index is 12.6. The Bertz CT molecular complexity index is 603. The molecule has 0 saturated carbocycles. The Kier molecular flexibility index (Phi) is 7.22. The van der Waals surface area contributed by atoms with Crippen LogP contribution in [0.4, 0.5) is 13.2 Å². The number of ether oxygens (including phenoxy) is 1. The largest absolute Gasteiger partial charge is 0.455 e. The third-order valence-electron chi connectivity index (χ3n) is 2.79. The monoisotopic (exact) mass is 346 g/mol. The second kappa shape index (κ2) is 8.90. The van der Waals surface area contributed by atoms with Crippen LogP contribution in [0.5, 0.6) is 0 Å². The Balaban J connectivity index is 2.41. The molecular weight excluding hydrogens is 329 g/mol. The molecule has 2 N–H and O–H groups in total. The maximum atomic E-state index is 12.6. The molecule has 0 bridgehead atoms. The molecule has 6 nitrogen and oxygen atoms in total.